The third-order valence-electron chi connectivity index (χ3n) is 5.30. The minimum Gasteiger partial charge on any atom is -0.369 e. The fourth-order valence-corrected chi connectivity index (χ4v) is 3.57. The zero-order valence-corrected chi connectivity index (χ0v) is 16.6. The van der Waals surface area contributed by atoms with E-state index in [2.05, 4.69) is 55.3 Å². The second-order valence-corrected chi connectivity index (χ2v) is 7.73. The maximum atomic E-state index is 12.2. The molecular formula is C24H30N2O. The molecule has 1 fully saturated rings. The molecule has 142 valence electrons. The number of anilines is 2. The van der Waals surface area contributed by atoms with E-state index in [1.165, 1.54) is 30.5 Å². The summed E-state index contributed by atoms with van der Waals surface area (Å²) in [7, 11) is 0. The number of piperidine rings is 1. The van der Waals surface area contributed by atoms with Gasteiger partial charge in [-0.1, -0.05) is 38.1 Å². The predicted molar refractivity (Wildman–Crippen MR) is 115 cm³/mol. The molecule has 0 aliphatic carbocycles. The Labute approximate surface area is 163 Å². The molecule has 1 amide bonds. The monoisotopic (exact) mass is 362 g/mol. The van der Waals surface area contributed by atoms with Crippen molar-refractivity contribution in [2.75, 3.05) is 16.8 Å². The number of carbonyl (C=O) groups excluding carboxylic acids is 1. The maximum Gasteiger partial charge on any atom is 0.248 e. The Kier molecular flexibility index (Phi) is 6.33. The topological polar surface area (TPSA) is 32.3 Å². The van der Waals surface area contributed by atoms with Crippen LogP contribution in [0.15, 0.2) is 54.6 Å². The number of rotatable bonds is 5. The Morgan fingerprint density at radius 2 is 1.78 bits per heavy atom. The standard InChI is InChI=1S/C24H30N2O/c1-18(2)21-10-7-20(8-11-21)9-16-24(27)25-22-12-14-23(15-13-22)26-17-5-4-6-19(26)3/h7-16,18-19H,4-6,17H2,1-3H3,(H,25,27)/b16-9+. The van der Waals surface area contributed by atoms with Gasteiger partial charge in [-0.05, 0) is 73.6 Å². The van der Waals surface area contributed by atoms with E-state index in [1.54, 1.807) is 6.08 Å². The lowest BCUT2D eigenvalue weighted by Crippen LogP contribution is -2.37. The molecule has 1 aliphatic heterocycles. The molecule has 0 saturated carbocycles. The summed E-state index contributed by atoms with van der Waals surface area (Å²) in [4.78, 5) is 14.6. The molecule has 3 heteroatoms. The van der Waals surface area contributed by atoms with Crippen molar-refractivity contribution in [2.24, 2.45) is 0 Å². The number of nitrogens with zero attached hydrogens (tertiary/aromatic N) is 1. The maximum absolute atomic E-state index is 12.2. The summed E-state index contributed by atoms with van der Waals surface area (Å²) in [5, 5.41) is 2.94. The molecular weight excluding hydrogens is 332 g/mol. The van der Waals surface area contributed by atoms with Gasteiger partial charge in [-0.3, -0.25) is 4.79 Å². The van der Waals surface area contributed by atoms with Crippen molar-refractivity contribution in [2.45, 2.75) is 52.0 Å². The van der Waals surface area contributed by atoms with E-state index >= 15 is 0 Å². The second-order valence-electron chi connectivity index (χ2n) is 7.73. The highest BCUT2D eigenvalue weighted by Gasteiger charge is 2.18. The molecule has 1 saturated heterocycles. The van der Waals surface area contributed by atoms with Gasteiger partial charge in [0.25, 0.3) is 0 Å². The van der Waals surface area contributed by atoms with E-state index in [0.29, 0.717) is 12.0 Å². The molecule has 1 atom stereocenters. The number of hydrogen-bond acceptors (Lipinski definition) is 2. The van der Waals surface area contributed by atoms with E-state index in [1.807, 2.05) is 30.3 Å². The van der Waals surface area contributed by atoms with Crippen molar-refractivity contribution >= 4 is 23.4 Å². The zero-order chi connectivity index (χ0) is 19.2. The Balaban J connectivity index is 1.57. The van der Waals surface area contributed by atoms with Crippen molar-refractivity contribution in [3.8, 4) is 0 Å². The van der Waals surface area contributed by atoms with Gasteiger partial charge in [0.2, 0.25) is 5.91 Å². The van der Waals surface area contributed by atoms with Crippen molar-refractivity contribution in [1.29, 1.82) is 0 Å². The fraction of sp³-hybridized carbons (Fsp3) is 0.375. The lowest BCUT2D eigenvalue weighted by molar-refractivity contribution is -0.111. The number of carbonyl (C=O) groups is 1. The van der Waals surface area contributed by atoms with Crippen molar-refractivity contribution in [3.05, 3.63) is 65.7 Å². The first-order valence-electron chi connectivity index (χ1n) is 9.98. The molecule has 0 spiro atoms. The normalized spacial score (nSPS) is 17.5. The summed E-state index contributed by atoms with van der Waals surface area (Å²) in [6, 6.07) is 17.1. The van der Waals surface area contributed by atoms with Crippen LogP contribution in [0.1, 0.15) is 57.1 Å². The molecule has 1 heterocycles. The van der Waals surface area contributed by atoms with Crippen LogP contribution in [0.5, 0.6) is 0 Å². The molecule has 1 N–H and O–H groups in total. The first kappa shape index (κ1) is 19.2. The Hall–Kier alpha value is -2.55. The van der Waals surface area contributed by atoms with E-state index in [-0.39, 0.29) is 5.91 Å². The third-order valence-corrected chi connectivity index (χ3v) is 5.30. The highest BCUT2D eigenvalue weighted by atomic mass is 16.1. The summed E-state index contributed by atoms with van der Waals surface area (Å²) < 4.78 is 0. The van der Waals surface area contributed by atoms with Crippen LogP contribution in [0, 0.1) is 0 Å². The van der Waals surface area contributed by atoms with Crippen LogP contribution in [0.25, 0.3) is 6.08 Å². The SMILES string of the molecule is CC(C)c1ccc(/C=C/C(=O)Nc2ccc(N3CCCCC3C)cc2)cc1. The average molecular weight is 363 g/mol. The summed E-state index contributed by atoms with van der Waals surface area (Å²) in [5.74, 6) is 0.407. The lowest BCUT2D eigenvalue weighted by atomic mass is 10.0. The highest BCUT2D eigenvalue weighted by molar-refractivity contribution is 6.02. The molecule has 0 radical (unpaired) electrons. The molecule has 1 unspecified atom stereocenters. The zero-order valence-electron chi connectivity index (χ0n) is 16.6. The molecule has 1 aliphatic rings. The van der Waals surface area contributed by atoms with Gasteiger partial charge in [-0.2, -0.15) is 0 Å². The predicted octanol–water partition coefficient (Wildman–Crippen LogP) is 5.84. The Morgan fingerprint density at radius 1 is 1.07 bits per heavy atom. The molecule has 3 rings (SSSR count). The fourth-order valence-electron chi connectivity index (χ4n) is 3.57. The molecule has 2 aromatic rings. The van der Waals surface area contributed by atoms with Gasteiger partial charge in [0.15, 0.2) is 0 Å². The van der Waals surface area contributed by atoms with Gasteiger partial charge in [-0.25, -0.2) is 0 Å². The molecule has 0 bridgehead atoms. The van der Waals surface area contributed by atoms with Crippen molar-refractivity contribution < 1.29 is 4.79 Å². The van der Waals surface area contributed by atoms with Gasteiger partial charge < -0.3 is 10.2 Å². The van der Waals surface area contributed by atoms with Crippen LogP contribution < -0.4 is 10.2 Å². The van der Waals surface area contributed by atoms with Crippen LogP contribution in [0.2, 0.25) is 0 Å². The third kappa shape index (κ3) is 5.22. The number of nitrogens with one attached hydrogen (secondary N) is 1. The Bertz CT molecular complexity index is 775. The van der Waals surface area contributed by atoms with E-state index in [0.717, 1.165) is 17.8 Å². The molecule has 3 nitrogen and oxygen atoms in total. The smallest absolute Gasteiger partial charge is 0.248 e. The highest BCUT2D eigenvalue weighted by Crippen LogP contribution is 2.25. The molecule has 27 heavy (non-hydrogen) atoms. The summed E-state index contributed by atoms with van der Waals surface area (Å²) in [5.41, 5.74) is 4.40. The minimum atomic E-state index is -0.109. The first-order valence-corrected chi connectivity index (χ1v) is 9.98. The van der Waals surface area contributed by atoms with Gasteiger partial charge >= 0.3 is 0 Å². The van der Waals surface area contributed by atoms with E-state index < -0.39 is 0 Å². The Morgan fingerprint density at radius 3 is 2.41 bits per heavy atom. The largest absolute Gasteiger partial charge is 0.369 e. The number of amides is 1. The lowest BCUT2D eigenvalue weighted by Gasteiger charge is -2.35. The minimum absolute atomic E-state index is 0.109. The van der Waals surface area contributed by atoms with Crippen LogP contribution >= 0.6 is 0 Å². The summed E-state index contributed by atoms with van der Waals surface area (Å²) >= 11 is 0. The second kappa shape index (κ2) is 8.90. The van der Waals surface area contributed by atoms with E-state index in [4.69, 9.17) is 0 Å². The molecule has 0 aromatic heterocycles. The van der Waals surface area contributed by atoms with Crippen LogP contribution in [0.4, 0.5) is 11.4 Å². The summed E-state index contributed by atoms with van der Waals surface area (Å²) in [6.07, 6.45) is 7.26. The van der Waals surface area contributed by atoms with Crippen LogP contribution in [-0.2, 0) is 4.79 Å². The van der Waals surface area contributed by atoms with Crippen LogP contribution in [0.3, 0.4) is 0 Å². The number of benzene rings is 2. The van der Waals surface area contributed by atoms with Crippen molar-refractivity contribution in [1.82, 2.24) is 0 Å². The van der Waals surface area contributed by atoms with Gasteiger partial charge in [0.05, 0.1) is 0 Å². The molecule has 2 aromatic carbocycles. The van der Waals surface area contributed by atoms with E-state index in [9.17, 15) is 4.79 Å². The average Bonchev–Trinajstić information content (AvgIpc) is 2.68. The van der Waals surface area contributed by atoms with Gasteiger partial charge in [-0.15, -0.1) is 0 Å². The summed E-state index contributed by atoms with van der Waals surface area (Å²) in [6.45, 7) is 7.75. The van der Waals surface area contributed by atoms with Crippen LogP contribution in [-0.4, -0.2) is 18.5 Å². The number of hydrogen-bond donors (Lipinski definition) is 1. The first-order chi connectivity index (χ1) is 13.0. The van der Waals surface area contributed by atoms with Gasteiger partial charge in [0, 0.05) is 30.0 Å². The van der Waals surface area contributed by atoms with Crippen molar-refractivity contribution in [3.63, 3.8) is 0 Å². The quantitative estimate of drug-likeness (QED) is 0.678. The van der Waals surface area contributed by atoms with Gasteiger partial charge in [0.1, 0.15) is 0 Å².